The number of methoxy groups -OCH3 is 1. The molecule has 5 heteroatoms. The first-order valence-electron chi connectivity index (χ1n) is 8.35. The minimum Gasteiger partial charge on any atom is -0.385 e. The Kier molecular flexibility index (Phi) is 8.69. The fraction of sp³-hybridized carbons (Fsp3) is 0.938. The van der Waals surface area contributed by atoms with Gasteiger partial charge in [0.05, 0.1) is 0 Å². The molecule has 124 valence electrons. The third kappa shape index (κ3) is 6.66. The smallest absolute Gasteiger partial charge is 0.191 e. The quantitative estimate of drug-likeness (QED) is 0.476. The van der Waals surface area contributed by atoms with Crippen molar-refractivity contribution in [3.8, 4) is 0 Å². The van der Waals surface area contributed by atoms with Crippen molar-refractivity contribution < 1.29 is 4.74 Å². The molecule has 0 aromatic rings. The molecule has 0 spiro atoms. The van der Waals surface area contributed by atoms with Crippen molar-refractivity contribution in [2.75, 3.05) is 53.5 Å². The molecule has 1 aliphatic rings. The Morgan fingerprint density at radius 3 is 2.57 bits per heavy atom. The predicted molar refractivity (Wildman–Crippen MR) is 89.9 cm³/mol. The Labute approximate surface area is 130 Å². The van der Waals surface area contributed by atoms with Gasteiger partial charge in [-0.2, -0.15) is 0 Å². The van der Waals surface area contributed by atoms with Crippen molar-refractivity contribution in [1.82, 2.24) is 15.5 Å². The molecule has 0 bridgehead atoms. The Morgan fingerprint density at radius 2 is 2.05 bits per heavy atom. The van der Waals surface area contributed by atoms with E-state index in [1.807, 2.05) is 0 Å². The topological polar surface area (TPSA) is 48.9 Å². The van der Waals surface area contributed by atoms with Crippen LogP contribution in [-0.2, 0) is 4.74 Å². The van der Waals surface area contributed by atoms with E-state index in [1.54, 1.807) is 7.11 Å². The lowest BCUT2D eigenvalue weighted by molar-refractivity contribution is 0.0778. The summed E-state index contributed by atoms with van der Waals surface area (Å²) >= 11 is 0. The molecular weight excluding hydrogens is 264 g/mol. The summed E-state index contributed by atoms with van der Waals surface area (Å²) in [6.45, 7) is 10.00. The van der Waals surface area contributed by atoms with Crippen molar-refractivity contribution in [3.05, 3.63) is 0 Å². The first-order chi connectivity index (χ1) is 10.2. The van der Waals surface area contributed by atoms with E-state index in [2.05, 4.69) is 36.4 Å². The average Bonchev–Trinajstić information content (AvgIpc) is 2.45. The van der Waals surface area contributed by atoms with Crippen molar-refractivity contribution >= 4 is 5.96 Å². The summed E-state index contributed by atoms with van der Waals surface area (Å²) in [4.78, 5) is 7.10. The van der Waals surface area contributed by atoms with Crippen LogP contribution < -0.4 is 10.6 Å². The summed E-state index contributed by atoms with van der Waals surface area (Å²) in [5.74, 6) is 0.950. The molecule has 0 aliphatic heterocycles. The lowest BCUT2D eigenvalue weighted by atomic mass is 9.67. The maximum Gasteiger partial charge on any atom is 0.191 e. The number of ether oxygens (including phenoxy) is 1. The molecule has 0 saturated heterocycles. The Morgan fingerprint density at radius 1 is 1.29 bits per heavy atom. The van der Waals surface area contributed by atoms with Gasteiger partial charge >= 0.3 is 0 Å². The molecule has 0 atom stereocenters. The Balaban J connectivity index is 2.42. The maximum atomic E-state index is 5.25. The van der Waals surface area contributed by atoms with Gasteiger partial charge in [-0.25, -0.2) is 0 Å². The molecule has 1 aliphatic carbocycles. The molecule has 5 nitrogen and oxygen atoms in total. The minimum absolute atomic E-state index is 0.387. The highest BCUT2D eigenvalue weighted by Gasteiger charge is 2.36. The number of aliphatic imine (C=N–C) groups is 1. The van der Waals surface area contributed by atoms with Gasteiger partial charge in [-0.05, 0) is 45.2 Å². The molecule has 21 heavy (non-hydrogen) atoms. The summed E-state index contributed by atoms with van der Waals surface area (Å²) < 4.78 is 5.25. The molecule has 1 rings (SSSR count). The summed E-state index contributed by atoms with van der Waals surface area (Å²) in [5, 5.41) is 6.77. The maximum absolute atomic E-state index is 5.25. The molecule has 0 heterocycles. The van der Waals surface area contributed by atoms with Crippen LogP contribution in [0.4, 0.5) is 0 Å². The van der Waals surface area contributed by atoms with E-state index < -0.39 is 0 Å². The second-order valence-electron chi connectivity index (χ2n) is 6.11. The fourth-order valence-corrected chi connectivity index (χ4v) is 2.59. The summed E-state index contributed by atoms with van der Waals surface area (Å²) in [6.07, 6.45) is 5.05. The predicted octanol–water partition coefficient (Wildman–Crippen LogP) is 1.70. The van der Waals surface area contributed by atoms with Crippen molar-refractivity contribution in [1.29, 1.82) is 0 Å². The SMILES string of the molecule is CCNC(=NCC1(CCOC)CCC1)NCCN(C)CC. The van der Waals surface area contributed by atoms with Crippen LogP contribution in [0.15, 0.2) is 4.99 Å². The van der Waals surface area contributed by atoms with Crippen molar-refractivity contribution in [3.63, 3.8) is 0 Å². The van der Waals surface area contributed by atoms with Gasteiger partial charge in [0.15, 0.2) is 5.96 Å². The largest absolute Gasteiger partial charge is 0.385 e. The number of likely N-dealkylation sites (N-methyl/N-ethyl adjacent to an activating group) is 1. The second kappa shape index (κ2) is 10.0. The zero-order valence-electron chi connectivity index (χ0n) is 14.4. The first-order valence-corrected chi connectivity index (χ1v) is 8.35. The molecule has 0 radical (unpaired) electrons. The second-order valence-corrected chi connectivity index (χ2v) is 6.11. The van der Waals surface area contributed by atoms with Gasteiger partial charge in [0.2, 0.25) is 0 Å². The van der Waals surface area contributed by atoms with E-state index in [4.69, 9.17) is 9.73 Å². The number of nitrogens with zero attached hydrogens (tertiary/aromatic N) is 2. The van der Waals surface area contributed by atoms with Crippen LogP contribution in [0.1, 0.15) is 39.5 Å². The van der Waals surface area contributed by atoms with Crippen LogP contribution in [0.3, 0.4) is 0 Å². The van der Waals surface area contributed by atoms with Gasteiger partial charge in [-0.15, -0.1) is 0 Å². The zero-order chi connectivity index (χ0) is 15.6. The highest BCUT2D eigenvalue weighted by Crippen LogP contribution is 2.44. The lowest BCUT2D eigenvalue weighted by Crippen LogP contribution is -2.42. The lowest BCUT2D eigenvalue weighted by Gasteiger charge is -2.40. The summed E-state index contributed by atoms with van der Waals surface area (Å²) in [6, 6.07) is 0. The molecule has 0 amide bonds. The number of rotatable bonds is 10. The number of hydrogen-bond acceptors (Lipinski definition) is 3. The molecule has 0 aromatic carbocycles. The van der Waals surface area contributed by atoms with Crippen LogP contribution in [0.2, 0.25) is 0 Å². The first kappa shape index (κ1) is 18.2. The fourth-order valence-electron chi connectivity index (χ4n) is 2.59. The molecule has 1 fully saturated rings. The number of guanidine groups is 1. The third-order valence-electron chi connectivity index (χ3n) is 4.49. The average molecular weight is 298 g/mol. The summed E-state index contributed by atoms with van der Waals surface area (Å²) in [7, 11) is 3.92. The molecule has 0 unspecified atom stereocenters. The molecule has 1 saturated carbocycles. The molecule has 2 N–H and O–H groups in total. The van der Waals surface area contributed by atoms with E-state index in [9.17, 15) is 0 Å². The van der Waals surface area contributed by atoms with Gasteiger partial charge < -0.3 is 20.3 Å². The van der Waals surface area contributed by atoms with Gasteiger partial charge in [-0.1, -0.05) is 13.3 Å². The molecular formula is C16H34N4O. The van der Waals surface area contributed by atoms with E-state index >= 15 is 0 Å². The van der Waals surface area contributed by atoms with Crippen LogP contribution in [0.25, 0.3) is 0 Å². The van der Waals surface area contributed by atoms with E-state index in [0.717, 1.165) is 51.7 Å². The van der Waals surface area contributed by atoms with Gasteiger partial charge in [-0.3, -0.25) is 4.99 Å². The Hall–Kier alpha value is -0.810. The van der Waals surface area contributed by atoms with Gasteiger partial charge in [0.1, 0.15) is 0 Å². The number of nitrogens with one attached hydrogen (secondary N) is 2. The zero-order valence-corrected chi connectivity index (χ0v) is 14.4. The van der Waals surface area contributed by atoms with Crippen LogP contribution in [0.5, 0.6) is 0 Å². The monoisotopic (exact) mass is 298 g/mol. The normalized spacial score (nSPS) is 17.7. The molecule has 0 aromatic heterocycles. The highest BCUT2D eigenvalue weighted by atomic mass is 16.5. The van der Waals surface area contributed by atoms with Crippen LogP contribution in [0, 0.1) is 5.41 Å². The Bertz CT molecular complexity index is 303. The van der Waals surface area contributed by atoms with E-state index in [-0.39, 0.29) is 0 Å². The summed E-state index contributed by atoms with van der Waals surface area (Å²) in [5.41, 5.74) is 0.387. The van der Waals surface area contributed by atoms with Gasteiger partial charge in [0.25, 0.3) is 0 Å². The van der Waals surface area contributed by atoms with Crippen LogP contribution >= 0.6 is 0 Å². The van der Waals surface area contributed by atoms with Crippen LogP contribution in [-0.4, -0.2) is 64.3 Å². The van der Waals surface area contributed by atoms with Crippen molar-refractivity contribution in [2.45, 2.75) is 39.5 Å². The van der Waals surface area contributed by atoms with Gasteiger partial charge in [0, 0.05) is 39.9 Å². The number of hydrogen-bond donors (Lipinski definition) is 2. The standard InChI is InChI=1S/C16H34N4O/c1-5-17-15(18-11-12-20(3)6-2)19-14-16(8-7-9-16)10-13-21-4/h5-14H2,1-4H3,(H2,17,18,19). The van der Waals surface area contributed by atoms with E-state index in [1.165, 1.54) is 19.3 Å². The minimum atomic E-state index is 0.387. The van der Waals surface area contributed by atoms with Crippen molar-refractivity contribution in [2.24, 2.45) is 10.4 Å². The third-order valence-corrected chi connectivity index (χ3v) is 4.49. The highest BCUT2D eigenvalue weighted by molar-refractivity contribution is 5.79. The van der Waals surface area contributed by atoms with E-state index in [0.29, 0.717) is 5.41 Å².